The van der Waals surface area contributed by atoms with E-state index in [0.717, 1.165) is 12.1 Å². The molecular weight excluding hydrogens is 220 g/mol. The highest BCUT2D eigenvalue weighted by Crippen LogP contribution is 2.25. The lowest BCUT2D eigenvalue weighted by molar-refractivity contribution is 0.494. The van der Waals surface area contributed by atoms with E-state index in [1.807, 2.05) is 12.1 Å². The van der Waals surface area contributed by atoms with Gasteiger partial charge in [0.2, 0.25) is 0 Å². The van der Waals surface area contributed by atoms with Gasteiger partial charge in [-0.15, -0.1) is 0 Å². The molecule has 3 heteroatoms. The molecule has 0 aliphatic rings. The lowest BCUT2D eigenvalue weighted by Gasteiger charge is -2.21. The highest BCUT2D eigenvalue weighted by molar-refractivity contribution is 6.32. The summed E-state index contributed by atoms with van der Waals surface area (Å²) in [5.41, 5.74) is 1.35. The summed E-state index contributed by atoms with van der Waals surface area (Å²) in [7, 11) is 0. The van der Waals surface area contributed by atoms with E-state index >= 15 is 0 Å². The Morgan fingerprint density at radius 1 is 1.44 bits per heavy atom. The second-order valence-electron chi connectivity index (χ2n) is 4.09. The molecule has 0 aliphatic heterocycles. The minimum absolute atomic E-state index is 0.329. The van der Waals surface area contributed by atoms with Gasteiger partial charge in [-0.25, -0.2) is 0 Å². The molecule has 0 aliphatic carbocycles. The maximum atomic E-state index is 9.03. The van der Waals surface area contributed by atoms with Gasteiger partial charge >= 0.3 is 0 Å². The third-order valence-corrected chi connectivity index (χ3v) is 3.32. The third kappa shape index (κ3) is 2.90. The summed E-state index contributed by atoms with van der Waals surface area (Å²) < 4.78 is 0. The van der Waals surface area contributed by atoms with Crippen LogP contribution in [0.4, 0.5) is 5.69 Å². The Hall–Kier alpha value is -1.20. The van der Waals surface area contributed by atoms with Gasteiger partial charge in [-0.2, -0.15) is 5.26 Å². The van der Waals surface area contributed by atoms with Crippen molar-refractivity contribution in [3.05, 3.63) is 28.8 Å². The van der Waals surface area contributed by atoms with Gasteiger partial charge in [-0.1, -0.05) is 37.9 Å². The Morgan fingerprint density at radius 2 is 2.12 bits per heavy atom. The maximum Gasteiger partial charge on any atom is 0.103 e. The third-order valence-electron chi connectivity index (χ3n) is 3.01. The molecule has 86 valence electrons. The predicted molar refractivity (Wildman–Crippen MR) is 68.7 cm³/mol. The van der Waals surface area contributed by atoms with E-state index in [4.69, 9.17) is 16.9 Å². The summed E-state index contributed by atoms with van der Waals surface area (Å²) >= 11 is 5.96. The Morgan fingerprint density at radius 3 is 2.69 bits per heavy atom. The van der Waals surface area contributed by atoms with Crippen molar-refractivity contribution < 1.29 is 0 Å². The Balaban J connectivity index is 2.90. The Bertz CT molecular complexity index is 395. The molecule has 0 fully saturated rings. The van der Waals surface area contributed by atoms with Crippen LogP contribution in [0.15, 0.2) is 18.2 Å². The first kappa shape index (κ1) is 12.9. The zero-order valence-electron chi connectivity index (χ0n) is 9.92. The number of benzene rings is 1. The second kappa shape index (κ2) is 5.77. The first-order chi connectivity index (χ1) is 7.60. The largest absolute Gasteiger partial charge is 0.381 e. The quantitative estimate of drug-likeness (QED) is 0.856. The molecule has 1 rings (SSSR count). The molecule has 0 heterocycles. The van der Waals surface area contributed by atoms with Crippen LogP contribution in [0, 0.1) is 17.2 Å². The van der Waals surface area contributed by atoms with Crippen LogP contribution < -0.4 is 5.32 Å². The van der Waals surface area contributed by atoms with Gasteiger partial charge < -0.3 is 5.32 Å². The molecule has 0 amide bonds. The van der Waals surface area contributed by atoms with Crippen molar-refractivity contribution in [1.82, 2.24) is 0 Å². The Kier molecular flexibility index (Phi) is 4.64. The van der Waals surface area contributed by atoms with Crippen LogP contribution in [0.3, 0.4) is 0 Å². The van der Waals surface area contributed by atoms with Crippen LogP contribution in [0.1, 0.15) is 32.8 Å². The molecule has 1 N–H and O–H groups in total. The molecule has 1 aromatic carbocycles. The number of hydrogen-bond acceptors (Lipinski definition) is 2. The summed E-state index contributed by atoms with van der Waals surface area (Å²) in [6.07, 6.45) is 1.11. The van der Waals surface area contributed by atoms with E-state index in [0.29, 0.717) is 22.5 Å². The summed E-state index contributed by atoms with van der Waals surface area (Å²) in [5.74, 6) is 0.561. The molecule has 16 heavy (non-hydrogen) atoms. The van der Waals surface area contributed by atoms with Gasteiger partial charge in [0, 0.05) is 6.04 Å². The summed E-state index contributed by atoms with van der Waals surface area (Å²) in [5, 5.41) is 12.9. The van der Waals surface area contributed by atoms with Gasteiger partial charge in [0.15, 0.2) is 0 Å². The fraction of sp³-hybridized carbons (Fsp3) is 0.462. The first-order valence-electron chi connectivity index (χ1n) is 5.55. The SMILES string of the molecule is CCC(C)C(C)Nc1cccc(Cl)c1C#N. The van der Waals surface area contributed by atoms with E-state index in [2.05, 4.69) is 32.2 Å². The fourth-order valence-corrected chi connectivity index (χ4v) is 1.72. The molecule has 2 atom stereocenters. The Labute approximate surface area is 102 Å². The van der Waals surface area contributed by atoms with Gasteiger partial charge in [0.25, 0.3) is 0 Å². The average molecular weight is 237 g/mol. The van der Waals surface area contributed by atoms with Crippen molar-refractivity contribution in [3.8, 4) is 6.07 Å². The molecule has 2 nitrogen and oxygen atoms in total. The summed E-state index contributed by atoms with van der Waals surface area (Å²) in [6, 6.07) is 7.94. The van der Waals surface area contributed by atoms with Gasteiger partial charge in [0.05, 0.1) is 16.3 Å². The molecule has 0 saturated heterocycles. The minimum atomic E-state index is 0.329. The standard InChI is InChI=1S/C13H17ClN2/c1-4-9(2)10(3)16-13-7-5-6-12(14)11(13)8-15/h5-7,9-10,16H,4H2,1-3H3. The highest BCUT2D eigenvalue weighted by Gasteiger charge is 2.13. The number of nitriles is 1. The van der Waals surface area contributed by atoms with Crippen molar-refractivity contribution in [2.75, 3.05) is 5.32 Å². The number of halogens is 1. The molecule has 2 unspecified atom stereocenters. The normalized spacial score (nSPS) is 13.9. The molecule has 0 radical (unpaired) electrons. The van der Waals surface area contributed by atoms with Crippen LogP contribution in [-0.2, 0) is 0 Å². The van der Waals surface area contributed by atoms with Crippen molar-refractivity contribution in [3.63, 3.8) is 0 Å². The monoisotopic (exact) mass is 236 g/mol. The van der Waals surface area contributed by atoms with E-state index in [1.54, 1.807) is 6.07 Å². The fourth-order valence-electron chi connectivity index (χ4n) is 1.50. The number of hydrogen-bond donors (Lipinski definition) is 1. The predicted octanol–water partition coefficient (Wildman–Crippen LogP) is 4.06. The average Bonchev–Trinajstić information content (AvgIpc) is 2.28. The highest BCUT2D eigenvalue weighted by atomic mass is 35.5. The molecule has 1 aromatic rings. The molecule has 0 spiro atoms. The maximum absolute atomic E-state index is 9.03. The van der Waals surface area contributed by atoms with E-state index in [-0.39, 0.29) is 0 Å². The van der Waals surface area contributed by atoms with E-state index in [1.165, 1.54) is 0 Å². The zero-order valence-corrected chi connectivity index (χ0v) is 10.7. The summed E-state index contributed by atoms with van der Waals surface area (Å²) in [4.78, 5) is 0. The minimum Gasteiger partial charge on any atom is -0.381 e. The van der Waals surface area contributed by atoms with Gasteiger partial charge in [-0.3, -0.25) is 0 Å². The molecule has 0 bridgehead atoms. The van der Waals surface area contributed by atoms with Crippen LogP contribution in [-0.4, -0.2) is 6.04 Å². The second-order valence-corrected chi connectivity index (χ2v) is 4.50. The number of nitrogens with zero attached hydrogens (tertiary/aromatic N) is 1. The van der Waals surface area contributed by atoms with Crippen molar-refractivity contribution in [1.29, 1.82) is 5.26 Å². The smallest absolute Gasteiger partial charge is 0.103 e. The molecule has 0 saturated carbocycles. The number of nitrogens with one attached hydrogen (secondary N) is 1. The molecule has 0 aromatic heterocycles. The lowest BCUT2D eigenvalue weighted by Crippen LogP contribution is -2.23. The van der Waals surface area contributed by atoms with Crippen molar-refractivity contribution in [2.24, 2.45) is 5.92 Å². The van der Waals surface area contributed by atoms with Crippen molar-refractivity contribution in [2.45, 2.75) is 33.2 Å². The number of anilines is 1. The molecular formula is C13H17ClN2. The summed E-state index contributed by atoms with van der Waals surface area (Å²) in [6.45, 7) is 6.47. The van der Waals surface area contributed by atoms with Crippen LogP contribution in [0.25, 0.3) is 0 Å². The van der Waals surface area contributed by atoms with Crippen LogP contribution in [0.5, 0.6) is 0 Å². The van der Waals surface area contributed by atoms with E-state index in [9.17, 15) is 0 Å². The lowest BCUT2D eigenvalue weighted by atomic mass is 10.0. The van der Waals surface area contributed by atoms with Gasteiger partial charge in [0.1, 0.15) is 6.07 Å². The first-order valence-corrected chi connectivity index (χ1v) is 5.93. The zero-order chi connectivity index (χ0) is 12.1. The van der Waals surface area contributed by atoms with Crippen LogP contribution >= 0.6 is 11.6 Å². The topological polar surface area (TPSA) is 35.8 Å². The number of rotatable bonds is 4. The van der Waals surface area contributed by atoms with Gasteiger partial charge in [-0.05, 0) is 25.0 Å². The van der Waals surface area contributed by atoms with Crippen molar-refractivity contribution >= 4 is 17.3 Å². The van der Waals surface area contributed by atoms with Crippen LogP contribution in [0.2, 0.25) is 5.02 Å². The van der Waals surface area contributed by atoms with E-state index < -0.39 is 0 Å².